The smallest absolute Gasteiger partial charge is 0.274 e. The molecule has 4 aromatic rings. The summed E-state index contributed by atoms with van der Waals surface area (Å²) in [6, 6.07) is 26.7. The normalized spacial score (nSPS) is 10.6. The lowest BCUT2D eigenvalue weighted by Crippen LogP contribution is -2.17. The van der Waals surface area contributed by atoms with Crippen LogP contribution in [-0.4, -0.2) is 15.7 Å². The largest absolute Gasteiger partial charge is 0.319 e. The zero-order chi connectivity index (χ0) is 19.5. The number of carbonyl (C=O) groups excluding carboxylic acids is 1. The fourth-order valence-corrected chi connectivity index (χ4v) is 3.25. The van der Waals surface area contributed by atoms with Crippen LogP contribution in [0.1, 0.15) is 16.1 Å². The first-order valence-corrected chi connectivity index (χ1v) is 9.28. The molecule has 0 aliphatic rings. The highest BCUT2D eigenvalue weighted by Crippen LogP contribution is 2.25. The molecular formula is C23H18ClN3O. The first-order valence-electron chi connectivity index (χ1n) is 8.90. The summed E-state index contributed by atoms with van der Waals surface area (Å²) in [5.41, 5.74) is 4.51. The Morgan fingerprint density at radius 3 is 2.29 bits per heavy atom. The molecular weight excluding hydrogens is 370 g/mol. The van der Waals surface area contributed by atoms with E-state index in [1.165, 1.54) is 0 Å². The van der Waals surface area contributed by atoms with E-state index in [9.17, 15) is 4.79 Å². The van der Waals surface area contributed by atoms with E-state index < -0.39 is 0 Å². The van der Waals surface area contributed by atoms with Gasteiger partial charge >= 0.3 is 0 Å². The number of anilines is 1. The van der Waals surface area contributed by atoms with E-state index in [0.717, 1.165) is 22.5 Å². The first-order chi connectivity index (χ1) is 13.6. The van der Waals surface area contributed by atoms with Gasteiger partial charge in [-0.2, -0.15) is 5.10 Å². The zero-order valence-electron chi connectivity index (χ0n) is 15.3. The van der Waals surface area contributed by atoms with Crippen LogP contribution in [0.25, 0.3) is 16.9 Å². The minimum atomic E-state index is -0.274. The number of nitrogens with zero attached hydrogens (tertiary/aromatic N) is 2. The molecule has 0 saturated heterocycles. The quantitative estimate of drug-likeness (QED) is 0.484. The van der Waals surface area contributed by atoms with Gasteiger partial charge in [0.1, 0.15) is 5.69 Å². The number of benzene rings is 3. The number of aryl methyl sites for hydroxylation is 1. The van der Waals surface area contributed by atoms with Crippen LogP contribution in [0.2, 0.25) is 5.02 Å². The van der Waals surface area contributed by atoms with Gasteiger partial charge in [-0.05, 0) is 42.8 Å². The molecule has 1 heterocycles. The summed E-state index contributed by atoms with van der Waals surface area (Å²) in [6.45, 7) is 1.95. The lowest BCUT2D eigenvalue weighted by atomic mass is 10.1. The van der Waals surface area contributed by atoms with Gasteiger partial charge in [0, 0.05) is 5.56 Å². The number of hydrogen-bond donors (Lipinski definition) is 1. The summed E-state index contributed by atoms with van der Waals surface area (Å²) in [5, 5.41) is 8.07. The van der Waals surface area contributed by atoms with Crippen molar-refractivity contribution < 1.29 is 4.79 Å². The van der Waals surface area contributed by atoms with Crippen molar-refractivity contribution in [1.82, 2.24) is 9.78 Å². The highest BCUT2D eigenvalue weighted by molar-refractivity contribution is 6.34. The van der Waals surface area contributed by atoms with Gasteiger partial charge in [0.15, 0.2) is 0 Å². The van der Waals surface area contributed by atoms with Crippen molar-refractivity contribution in [3.63, 3.8) is 0 Å². The maximum atomic E-state index is 13.1. The average molecular weight is 388 g/mol. The summed E-state index contributed by atoms with van der Waals surface area (Å²) in [4.78, 5) is 13.1. The minimum absolute atomic E-state index is 0.274. The molecule has 3 aromatic carbocycles. The molecule has 0 fully saturated rings. The molecule has 0 radical (unpaired) electrons. The average Bonchev–Trinajstić information content (AvgIpc) is 3.17. The number of rotatable bonds is 4. The number of carbonyl (C=O) groups is 1. The first kappa shape index (κ1) is 18.0. The summed E-state index contributed by atoms with van der Waals surface area (Å²) in [5.74, 6) is -0.274. The van der Waals surface area contributed by atoms with E-state index in [2.05, 4.69) is 10.4 Å². The molecule has 1 aromatic heterocycles. The molecule has 28 heavy (non-hydrogen) atoms. The molecule has 0 bridgehead atoms. The second kappa shape index (κ2) is 7.71. The molecule has 0 spiro atoms. The van der Waals surface area contributed by atoms with Crippen molar-refractivity contribution in [2.75, 3.05) is 5.32 Å². The third-order valence-corrected chi connectivity index (χ3v) is 4.70. The molecule has 0 atom stereocenters. The van der Waals surface area contributed by atoms with Crippen molar-refractivity contribution in [3.05, 3.63) is 101 Å². The van der Waals surface area contributed by atoms with Gasteiger partial charge in [0.05, 0.1) is 22.1 Å². The number of amides is 1. The summed E-state index contributed by atoms with van der Waals surface area (Å²) < 4.78 is 1.65. The highest BCUT2D eigenvalue weighted by Gasteiger charge is 2.18. The summed E-state index contributed by atoms with van der Waals surface area (Å²) >= 11 is 6.28. The van der Waals surface area contributed by atoms with Gasteiger partial charge < -0.3 is 5.32 Å². The van der Waals surface area contributed by atoms with E-state index in [-0.39, 0.29) is 5.91 Å². The Balaban J connectivity index is 1.76. The van der Waals surface area contributed by atoms with Crippen LogP contribution in [0.4, 0.5) is 5.69 Å². The van der Waals surface area contributed by atoms with Crippen LogP contribution in [0.5, 0.6) is 0 Å². The second-order valence-corrected chi connectivity index (χ2v) is 6.87. The molecule has 5 heteroatoms. The van der Waals surface area contributed by atoms with Crippen molar-refractivity contribution in [2.45, 2.75) is 6.92 Å². The molecule has 1 amide bonds. The van der Waals surface area contributed by atoms with Gasteiger partial charge in [0.25, 0.3) is 5.91 Å². The summed E-state index contributed by atoms with van der Waals surface area (Å²) in [7, 11) is 0. The Morgan fingerprint density at radius 2 is 1.61 bits per heavy atom. The maximum absolute atomic E-state index is 13.1. The van der Waals surface area contributed by atoms with E-state index in [1.54, 1.807) is 16.8 Å². The Hall–Kier alpha value is -3.37. The highest BCUT2D eigenvalue weighted by atomic mass is 35.5. The van der Waals surface area contributed by atoms with E-state index in [4.69, 9.17) is 11.6 Å². The predicted molar refractivity (Wildman–Crippen MR) is 113 cm³/mol. The number of para-hydroxylation sites is 1. The van der Waals surface area contributed by atoms with Gasteiger partial charge in [-0.25, -0.2) is 4.68 Å². The van der Waals surface area contributed by atoms with Crippen LogP contribution in [0, 0.1) is 6.92 Å². The number of nitrogens with one attached hydrogen (secondary N) is 1. The Labute approximate surface area is 168 Å². The molecule has 0 aliphatic carbocycles. The zero-order valence-corrected chi connectivity index (χ0v) is 16.0. The molecule has 138 valence electrons. The molecule has 4 nitrogen and oxygen atoms in total. The summed E-state index contributed by atoms with van der Waals surface area (Å²) in [6.07, 6.45) is 0. The third-order valence-electron chi connectivity index (χ3n) is 4.39. The predicted octanol–water partition coefficient (Wildman–Crippen LogP) is 5.75. The van der Waals surface area contributed by atoms with Crippen LogP contribution in [0.15, 0.2) is 84.9 Å². The van der Waals surface area contributed by atoms with Gasteiger partial charge in [0.2, 0.25) is 0 Å². The topological polar surface area (TPSA) is 46.9 Å². The van der Waals surface area contributed by atoms with Gasteiger partial charge in [-0.15, -0.1) is 0 Å². The lowest BCUT2D eigenvalue weighted by Gasteiger charge is -2.10. The van der Waals surface area contributed by atoms with E-state index in [0.29, 0.717) is 16.4 Å². The monoisotopic (exact) mass is 387 g/mol. The van der Waals surface area contributed by atoms with Crippen LogP contribution in [-0.2, 0) is 0 Å². The number of halogens is 1. The third kappa shape index (κ3) is 3.68. The van der Waals surface area contributed by atoms with Crippen LogP contribution >= 0.6 is 11.6 Å². The molecule has 0 saturated carbocycles. The maximum Gasteiger partial charge on any atom is 0.274 e. The second-order valence-electron chi connectivity index (χ2n) is 6.47. The fraction of sp³-hybridized carbons (Fsp3) is 0.0435. The van der Waals surface area contributed by atoms with Crippen molar-refractivity contribution in [1.29, 1.82) is 0 Å². The van der Waals surface area contributed by atoms with Crippen molar-refractivity contribution in [2.24, 2.45) is 0 Å². The number of aromatic nitrogens is 2. The Kier molecular flexibility index (Phi) is 4.96. The molecule has 4 rings (SSSR count). The Morgan fingerprint density at radius 1 is 0.929 bits per heavy atom. The molecule has 0 aliphatic heterocycles. The lowest BCUT2D eigenvalue weighted by molar-refractivity contribution is 0.101. The fourth-order valence-electron chi connectivity index (χ4n) is 2.97. The SMILES string of the molecule is Cc1ccc(NC(=O)c2cc(-c3ccccc3)nn2-c2ccccc2)c(Cl)c1. The number of hydrogen-bond acceptors (Lipinski definition) is 2. The van der Waals surface area contributed by atoms with Crippen LogP contribution in [0.3, 0.4) is 0 Å². The molecule has 1 N–H and O–H groups in total. The standard InChI is InChI=1S/C23H18ClN3O/c1-16-12-13-20(19(24)14-16)25-23(28)22-15-21(17-8-4-2-5-9-17)26-27(22)18-10-6-3-7-11-18/h2-15H,1H3,(H,25,28). The molecule has 0 unspecified atom stereocenters. The minimum Gasteiger partial charge on any atom is -0.319 e. The van der Waals surface area contributed by atoms with E-state index >= 15 is 0 Å². The Bertz CT molecular complexity index is 1120. The van der Waals surface area contributed by atoms with Crippen molar-refractivity contribution in [3.8, 4) is 16.9 Å². The van der Waals surface area contributed by atoms with Crippen LogP contribution < -0.4 is 5.32 Å². The van der Waals surface area contributed by atoms with Gasteiger partial charge in [-0.1, -0.05) is 66.2 Å². The van der Waals surface area contributed by atoms with Crippen molar-refractivity contribution >= 4 is 23.2 Å². The van der Waals surface area contributed by atoms with E-state index in [1.807, 2.05) is 79.7 Å². The van der Waals surface area contributed by atoms with Gasteiger partial charge in [-0.3, -0.25) is 4.79 Å².